The van der Waals surface area contributed by atoms with Gasteiger partial charge in [0.2, 0.25) is 0 Å². The summed E-state index contributed by atoms with van der Waals surface area (Å²) in [6.07, 6.45) is 39.7. The van der Waals surface area contributed by atoms with Crippen LogP contribution in [0.2, 0.25) is 0 Å². The Labute approximate surface area is 277 Å². The van der Waals surface area contributed by atoms with Crippen molar-refractivity contribution >= 4 is 39.2 Å². The Kier molecular flexibility index (Phi) is 46.4. The minimum atomic E-state index is -0.903. The van der Waals surface area contributed by atoms with Gasteiger partial charge in [0, 0.05) is 11.9 Å². The smallest absolute Gasteiger partial charge is 0.550 e. The average molecular weight is 774 g/mol. The minimum absolute atomic E-state index is 0. The zero-order valence-corrected chi connectivity index (χ0v) is 31.6. The third kappa shape index (κ3) is 49.8. The first-order chi connectivity index (χ1) is 19.5. The fourth-order valence-electron chi connectivity index (χ4n) is 5.28. The second-order valence-electron chi connectivity index (χ2n) is 12.1. The first kappa shape index (κ1) is 45.3. The molecule has 0 aromatic carbocycles. The van der Waals surface area contributed by atoms with Gasteiger partial charge in [-0.3, -0.25) is 0 Å². The van der Waals surface area contributed by atoms with Gasteiger partial charge in [-0.05, 0) is 25.7 Å². The maximum absolute atomic E-state index is 10.2. The molecule has 0 aliphatic heterocycles. The third-order valence-electron chi connectivity index (χ3n) is 7.97. The molecule has 0 amide bonds. The summed E-state index contributed by atoms with van der Waals surface area (Å²) in [7, 11) is 0. The molecular formula is C36H70O4Pb. The molecule has 0 spiro atoms. The van der Waals surface area contributed by atoms with Crippen LogP contribution in [-0.2, 0) is 9.59 Å². The van der Waals surface area contributed by atoms with Crippen molar-refractivity contribution < 1.29 is 19.8 Å². The van der Waals surface area contributed by atoms with Gasteiger partial charge in [-0.1, -0.05) is 194 Å². The van der Waals surface area contributed by atoms with E-state index < -0.39 is 11.9 Å². The van der Waals surface area contributed by atoms with E-state index in [1.807, 2.05) is 0 Å². The molecule has 242 valence electrons. The zero-order valence-electron chi connectivity index (χ0n) is 27.8. The molecule has 4 nitrogen and oxygen atoms in total. The Morgan fingerprint density at radius 3 is 0.610 bits per heavy atom. The molecule has 0 saturated carbocycles. The number of carbonyl (C=O) groups excluding carboxylic acids is 2. The number of carbonyl (C=O) groups is 2. The van der Waals surface area contributed by atoms with Crippen LogP contribution in [-0.4, -0.2) is 39.2 Å². The number of aliphatic carboxylic acids is 2. The van der Waals surface area contributed by atoms with Gasteiger partial charge in [-0.25, -0.2) is 0 Å². The van der Waals surface area contributed by atoms with E-state index in [-0.39, 0.29) is 40.1 Å². The van der Waals surface area contributed by atoms with Crippen LogP contribution < -0.4 is 10.2 Å². The van der Waals surface area contributed by atoms with Crippen LogP contribution in [0.25, 0.3) is 0 Å². The molecule has 0 rings (SSSR count). The van der Waals surface area contributed by atoms with Gasteiger partial charge in [-0.2, -0.15) is 0 Å². The Morgan fingerprint density at radius 2 is 0.463 bits per heavy atom. The quantitative estimate of drug-likeness (QED) is 0.0504. The fraction of sp³-hybridized carbons (Fsp3) is 0.944. The maximum Gasteiger partial charge on any atom is 2.00 e. The number of hydrogen-bond acceptors (Lipinski definition) is 4. The summed E-state index contributed by atoms with van der Waals surface area (Å²) >= 11 is 0. The van der Waals surface area contributed by atoms with Gasteiger partial charge in [-0.15, -0.1) is 0 Å². The van der Waals surface area contributed by atoms with Gasteiger partial charge in [0.05, 0.1) is 0 Å². The van der Waals surface area contributed by atoms with Crippen LogP contribution in [0.4, 0.5) is 0 Å². The monoisotopic (exact) mass is 775 g/mol. The third-order valence-corrected chi connectivity index (χ3v) is 7.97. The molecule has 0 saturated heterocycles. The number of rotatable bonds is 32. The van der Waals surface area contributed by atoms with Crippen molar-refractivity contribution in [1.82, 2.24) is 0 Å². The number of carboxylic acids is 2. The minimum Gasteiger partial charge on any atom is -0.550 e. The molecule has 0 bridgehead atoms. The van der Waals surface area contributed by atoms with E-state index in [1.165, 1.54) is 167 Å². The van der Waals surface area contributed by atoms with Gasteiger partial charge in [0.1, 0.15) is 0 Å². The Bertz CT molecular complexity index is 454. The summed E-state index contributed by atoms with van der Waals surface area (Å²) in [6, 6.07) is 0. The van der Waals surface area contributed by atoms with Crippen molar-refractivity contribution in [3.8, 4) is 0 Å². The molecule has 0 atom stereocenters. The van der Waals surface area contributed by atoms with Crippen molar-refractivity contribution in [2.45, 2.75) is 219 Å². The fourth-order valence-corrected chi connectivity index (χ4v) is 5.28. The van der Waals surface area contributed by atoms with Crippen LogP contribution in [0, 0.1) is 0 Å². The molecule has 2 radical (unpaired) electrons. The van der Waals surface area contributed by atoms with E-state index >= 15 is 0 Å². The summed E-state index contributed by atoms with van der Waals surface area (Å²) in [4.78, 5) is 20.4. The zero-order chi connectivity index (χ0) is 29.8. The molecule has 0 unspecified atom stereocenters. The van der Waals surface area contributed by atoms with Crippen LogP contribution in [0.5, 0.6) is 0 Å². The molecule has 0 heterocycles. The van der Waals surface area contributed by atoms with Crippen LogP contribution >= 0.6 is 0 Å². The van der Waals surface area contributed by atoms with Gasteiger partial charge >= 0.3 is 27.3 Å². The Hall–Kier alpha value is -0.138. The SMILES string of the molecule is CCCCCCCCCCCCCCCCCC(=O)[O-].CCCCCCCCCCCCCCCCCC(=O)[O-].[Pb+2]. The first-order valence-corrected chi connectivity index (χ1v) is 17.9. The summed E-state index contributed by atoms with van der Waals surface area (Å²) in [5, 5.41) is 20.4. The molecule has 0 N–H and O–H groups in total. The van der Waals surface area contributed by atoms with Crippen molar-refractivity contribution in [1.29, 1.82) is 0 Å². The van der Waals surface area contributed by atoms with E-state index in [0.29, 0.717) is 0 Å². The Balaban J connectivity index is -0.000000688. The van der Waals surface area contributed by atoms with Crippen LogP contribution in [0.1, 0.15) is 219 Å². The van der Waals surface area contributed by atoms with Gasteiger partial charge < -0.3 is 19.8 Å². The van der Waals surface area contributed by atoms with Crippen molar-refractivity contribution in [2.75, 3.05) is 0 Å². The standard InChI is InChI=1S/2C18H36O2.Pb/c2*1-2-3-4-5-6-7-8-9-10-11-12-13-14-15-16-17-18(19)20;/h2*2-17H2,1H3,(H,19,20);/q;;+2/p-2. The molecular weight excluding hydrogens is 704 g/mol. The van der Waals surface area contributed by atoms with E-state index in [4.69, 9.17) is 0 Å². The molecule has 0 aliphatic carbocycles. The summed E-state index contributed by atoms with van der Waals surface area (Å²) in [5.41, 5.74) is 0. The van der Waals surface area contributed by atoms with Crippen molar-refractivity contribution in [3.63, 3.8) is 0 Å². The summed E-state index contributed by atoms with van der Waals surface area (Å²) in [5.74, 6) is -1.81. The van der Waals surface area contributed by atoms with E-state index in [9.17, 15) is 19.8 Å². The molecule has 5 heteroatoms. The largest absolute Gasteiger partial charge is 2.00 e. The second kappa shape index (κ2) is 42.0. The molecule has 41 heavy (non-hydrogen) atoms. The number of hydrogen-bond donors (Lipinski definition) is 0. The van der Waals surface area contributed by atoms with Gasteiger partial charge in [0.25, 0.3) is 0 Å². The van der Waals surface area contributed by atoms with E-state index in [2.05, 4.69) is 13.8 Å². The topological polar surface area (TPSA) is 80.3 Å². The molecule has 0 aliphatic rings. The predicted molar refractivity (Wildman–Crippen MR) is 175 cm³/mol. The van der Waals surface area contributed by atoms with Crippen molar-refractivity contribution in [2.24, 2.45) is 0 Å². The maximum atomic E-state index is 10.2. The summed E-state index contributed by atoms with van der Waals surface area (Å²) < 4.78 is 0. The number of carboxylic acid groups (broad SMARTS) is 2. The van der Waals surface area contributed by atoms with Crippen molar-refractivity contribution in [3.05, 3.63) is 0 Å². The van der Waals surface area contributed by atoms with Crippen LogP contribution in [0.15, 0.2) is 0 Å². The van der Waals surface area contributed by atoms with E-state index in [0.717, 1.165) is 25.7 Å². The molecule has 0 aromatic rings. The van der Waals surface area contributed by atoms with Crippen LogP contribution in [0.3, 0.4) is 0 Å². The average Bonchev–Trinajstić information content (AvgIpc) is 2.93. The van der Waals surface area contributed by atoms with Gasteiger partial charge in [0.15, 0.2) is 0 Å². The van der Waals surface area contributed by atoms with E-state index in [1.54, 1.807) is 0 Å². The summed E-state index contributed by atoms with van der Waals surface area (Å²) in [6.45, 7) is 4.53. The molecule has 0 fully saturated rings. The normalized spacial score (nSPS) is 10.6. The Morgan fingerprint density at radius 1 is 0.317 bits per heavy atom. The molecule has 0 aromatic heterocycles. The second-order valence-corrected chi connectivity index (χ2v) is 12.1. The first-order valence-electron chi connectivity index (χ1n) is 17.9. The predicted octanol–water partition coefficient (Wildman–Crippen LogP) is 9.61. The number of unbranched alkanes of at least 4 members (excludes halogenated alkanes) is 28.